The Morgan fingerprint density at radius 3 is 2.67 bits per heavy atom. The molecule has 1 aliphatic rings. The van der Waals surface area contributed by atoms with Gasteiger partial charge < -0.3 is 24.8 Å². The molecule has 1 aliphatic heterocycles. The van der Waals surface area contributed by atoms with Crippen LogP contribution in [0.3, 0.4) is 0 Å². The largest absolute Gasteiger partial charge is 0.444 e. The predicted octanol–water partition coefficient (Wildman–Crippen LogP) is 4.33. The van der Waals surface area contributed by atoms with Crippen molar-refractivity contribution in [2.75, 3.05) is 18.4 Å². The maximum atomic E-state index is 13.6. The number of carbonyl (C=O) groups is 2. The van der Waals surface area contributed by atoms with E-state index in [9.17, 15) is 23.5 Å². The minimum absolute atomic E-state index is 0.103. The second-order valence-electron chi connectivity index (χ2n) is 12.0. The number of amides is 2. The van der Waals surface area contributed by atoms with Crippen molar-refractivity contribution in [2.45, 2.75) is 58.5 Å². The highest BCUT2D eigenvalue weighted by molar-refractivity contribution is 6.09. The number of hydrogen-bond acceptors (Lipinski definition) is 9. The van der Waals surface area contributed by atoms with Crippen LogP contribution in [0.5, 0.6) is 5.75 Å². The lowest BCUT2D eigenvalue weighted by atomic mass is 9.91. The SMILES string of the molecule is CC(C)(C)OC(=O)N1CCC(C(O)Cn2ncc3cc(-c4[nH]ncc4NC(=O)c4cnn5cccnc45)c(OC(F)F)cc32)CC1. The van der Waals surface area contributed by atoms with Gasteiger partial charge in [0.25, 0.3) is 5.91 Å². The standard InChI is InChI=1S/C30H33F2N9O5/c1-30(2,3)46-29(44)39-9-5-17(6-10-39)23(42)16-41-22-12-24(45-28(31)32)19(11-18(22)13-35-41)25-21(15-34-38-25)37-27(43)20-14-36-40-8-4-7-33-26(20)40/h4,7-8,11-15,17,23,28,42H,5-6,9-10,16H2,1-3H3,(H,34,38)(H,37,43). The van der Waals surface area contributed by atoms with E-state index in [0.717, 1.165) is 0 Å². The van der Waals surface area contributed by atoms with Gasteiger partial charge in [0.05, 0.1) is 48.1 Å². The summed E-state index contributed by atoms with van der Waals surface area (Å²) in [5.41, 5.74) is 1.10. The van der Waals surface area contributed by atoms with Crippen molar-refractivity contribution in [1.82, 2.24) is 39.5 Å². The van der Waals surface area contributed by atoms with Gasteiger partial charge in [-0.05, 0) is 51.7 Å². The van der Waals surface area contributed by atoms with Crippen LogP contribution in [0.2, 0.25) is 0 Å². The summed E-state index contributed by atoms with van der Waals surface area (Å²) in [5, 5.41) is 29.7. The van der Waals surface area contributed by atoms with Gasteiger partial charge in [-0.1, -0.05) is 0 Å². The molecule has 4 aromatic heterocycles. The summed E-state index contributed by atoms with van der Waals surface area (Å²) in [6.45, 7) is 3.29. The number of H-pyrrole nitrogens is 1. The van der Waals surface area contributed by atoms with E-state index in [0.29, 0.717) is 42.5 Å². The van der Waals surface area contributed by atoms with Crippen LogP contribution in [0.4, 0.5) is 19.3 Å². The topological polar surface area (TPSA) is 165 Å². The number of nitrogens with zero attached hydrogens (tertiary/aromatic N) is 7. The van der Waals surface area contributed by atoms with E-state index < -0.39 is 24.2 Å². The number of halogens is 2. The number of aliphatic hydroxyl groups is 1. The lowest BCUT2D eigenvalue weighted by Gasteiger charge is -2.35. The Morgan fingerprint density at radius 2 is 1.93 bits per heavy atom. The van der Waals surface area contributed by atoms with Gasteiger partial charge in [-0.25, -0.2) is 14.3 Å². The first-order valence-corrected chi connectivity index (χ1v) is 14.7. The zero-order chi connectivity index (χ0) is 32.6. The Bertz CT molecular complexity index is 1870. The summed E-state index contributed by atoms with van der Waals surface area (Å²) in [4.78, 5) is 31.4. The number of likely N-dealkylation sites (tertiary alicyclic amines) is 1. The van der Waals surface area contributed by atoms with Gasteiger partial charge in [0.1, 0.15) is 16.9 Å². The van der Waals surface area contributed by atoms with Crippen LogP contribution in [0.15, 0.2) is 49.2 Å². The first kappa shape index (κ1) is 30.9. The van der Waals surface area contributed by atoms with Gasteiger partial charge >= 0.3 is 12.7 Å². The minimum Gasteiger partial charge on any atom is -0.444 e. The second-order valence-corrected chi connectivity index (χ2v) is 12.0. The highest BCUT2D eigenvalue weighted by Crippen LogP contribution is 2.38. The fourth-order valence-corrected chi connectivity index (χ4v) is 5.52. The van der Waals surface area contributed by atoms with Crippen molar-refractivity contribution >= 4 is 34.2 Å². The number of fused-ring (bicyclic) bond motifs is 2. The number of aliphatic hydroxyl groups excluding tert-OH is 1. The summed E-state index contributed by atoms with van der Waals surface area (Å²) in [5.74, 6) is -0.803. The fourth-order valence-electron chi connectivity index (χ4n) is 5.52. The van der Waals surface area contributed by atoms with Gasteiger partial charge in [0.15, 0.2) is 5.65 Å². The number of nitrogens with one attached hydrogen (secondary N) is 2. The van der Waals surface area contributed by atoms with Gasteiger partial charge in [-0.2, -0.15) is 24.1 Å². The Morgan fingerprint density at radius 1 is 1.15 bits per heavy atom. The Labute approximate surface area is 261 Å². The molecule has 1 aromatic carbocycles. The lowest BCUT2D eigenvalue weighted by Crippen LogP contribution is -2.44. The Kier molecular flexibility index (Phi) is 8.29. The molecule has 1 atom stereocenters. The molecular formula is C30H33F2N9O5. The monoisotopic (exact) mass is 637 g/mol. The number of ether oxygens (including phenoxy) is 2. The molecule has 0 radical (unpaired) electrons. The zero-order valence-electron chi connectivity index (χ0n) is 25.4. The van der Waals surface area contributed by atoms with Crippen molar-refractivity contribution < 1.29 is 33.0 Å². The Balaban J connectivity index is 1.21. The van der Waals surface area contributed by atoms with Crippen molar-refractivity contribution in [2.24, 2.45) is 5.92 Å². The molecule has 1 unspecified atom stereocenters. The van der Waals surface area contributed by atoms with Gasteiger partial charge in [0, 0.05) is 42.5 Å². The van der Waals surface area contributed by atoms with Crippen LogP contribution < -0.4 is 10.1 Å². The third kappa shape index (κ3) is 6.47. The molecule has 0 aliphatic carbocycles. The van der Waals surface area contributed by atoms with Crippen LogP contribution in [0.1, 0.15) is 44.0 Å². The predicted molar refractivity (Wildman–Crippen MR) is 161 cm³/mol. The van der Waals surface area contributed by atoms with Crippen molar-refractivity contribution in [3.8, 4) is 17.0 Å². The summed E-state index contributed by atoms with van der Waals surface area (Å²) < 4.78 is 40.6. The Hall–Kier alpha value is -5.12. The molecule has 0 spiro atoms. The van der Waals surface area contributed by atoms with Crippen LogP contribution in [0.25, 0.3) is 27.8 Å². The number of rotatable bonds is 8. The quantitative estimate of drug-likeness (QED) is 0.225. The first-order valence-electron chi connectivity index (χ1n) is 14.7. The molecule has 242 valence electrons. The molecular weight excluding hydrogens is 604 g/mol. The van der Waals surface area contributed by atoms with Crippen LogP contribution in [-0.2, 0) is 11.3 Å². The van der Waals surface area contributed by atoms with Crippen molar-refractivity contribution in [3.63, 3.8) is 0 Å². The molecule has 0 bridgehead atoms. The third-order valence-corrected chi connectivity index (χ3v) is 7.74. The van der Waals surface area contributed by atoms with Gasteiger partial charge in [-0.15, -0.1) is 0 Å². The molecule has 5 heterocycles. The highest BCUT2D eigenvalue weighted by atomic mass is 19.3. The van der Waals surface area contributed by atoms with Crippen molar-refractivity contribution in [1.29, 1.82) is 0 Å². The van der Waals surface area contributed by atoms with E-state index in [1.807, 2.05) is 20.8 Å². The molecule has 6 rings (SSSR count). The molecule has 3 N–H and O–H groups in total. The number of benzene rings is 1. The average molecular weight is 638 g/mol. The molecule has 2 amide bonds. The lowest BCUT2D eigenvalue weighted by molar-refractivity contribution is -0.0494. The van der Waals surface area contributed by atoms with E-state index in [-0.39, 0.29) is 46.8 Å². The average Bonchev–Trinajstić information content (AvgIpc) is 3.74. The van der Waals surface area contributed by atoms with Crippen molar-refractivity contribution in [3.05, 3.63) is 54.7 Å². The smallest absolute Gasteiger partial charge is 0.410 e. The number of carbonyl (C=O) groups excluding carboxylic acids is 2. The van der Waals surface area contributed by atoms with Crippen LogP contribution >= 0.6 is 0 Å². The number of anilines is 1. The van der Waals surface area contributed by atoms with Crippen LogP contribution in [-0.4, -0.2) is 88.0 Å². The third-order valence-electron chi connectivity index (χ3n) is 7.74. The summed E-state index contributed by atoms with van der Waals surface area (Å²) in [7, 11) is 0. The fraction of sp³-hybridized carbons (Fsp3) is 0.400. The maximum Gasteiger partial charge on any atom is 0.410 e. The molecule has 14 nitrogen and oxygen atoms in total. The molecule has 1 fully saturated rings. The van der Waals surface area contributed by atoms with Gasteiger partial charge in [0.2, 0.25) is 0 Å². The molecule has 1 saturated heterocycles. The summed E-state index contributed by atoms with van der Waals surface area (Å²) in [6.07, 6.45) is 7.45. The maximum absolute atomic E-state index is 13.6. The molecule has 16 heteroatoms. The first-order chi connectivity index (χ1) is 22.0. The van der Waals surface area contributed by atoms with Gasteiger partial charge in [-0.3, -0.25) is 14.6 Å². The minimum atomic E-state index is -3.14. The van der Waals surface area contributed by atoms with E-state index in [1.165, 1.54) is 33.9 Å². The highest BCUT2D eigenvalue weighted by Gasteiger charge is 2.31. The van der Waals surface area contributed by atoms with E-state index in [1.54, 1.807) is 29.4 Å². The van der Waals surface area contributed by atoms with E-state index in [4.69, 9.17) is 9.47 Å². The number of aromatic nitrogens is 7. The van der Waals surface area contributed by atoms with E-state index >= 15 is 0 Å². The second kappa shape index (κ2) is 12.3. The number of aromatic amines is 1. The van der Waals surface area contributed by atoms with E-state index in [2.05, 4.69) is 30.7 Å². The normalized spacial score (nSPS) is 15.1. The number of piperidine rings is 1. The van der Waals surface area contributed by atoms with Crippen LogP contribution in [0, 0.1) is 5.92 Å². The number of alkyl halides is 2. The molecule has 5 aromatic rings. The summed E-state index contributed by atoms with van der Waals surface area (Å²) in [6, 6.07) is 4.70. The zero-order valence-corrected chi connectivity index (χ0v) is 25.4. The molecule has 0 saturated carbocycles. The number of hydrogen-bond donors (Lipinski definition) is 3. The molecule has 46 heavy (non-hydrogen) atoms. The summed E-state index contributed by atoms with van der Waals surface area (Å²) >= 11 is 0.